The Morgan fingerprint density at radius 2 is 1.73 bits per heavy atom. The number of benzene rings is 2. The Morgan fingerprint density at radius 3 is 2.40 bits per heavy atom. The number of hydrogen-bond donors (Lipinski definition) is 1. The highest BCUT2D eigenvalue weighted by Gasteiger charge is 2.22. The first-order valence-electron chi connectivity index (χ1n) is 13.6. The van der Waals surface area contributed by atoms with Crippen LogP contribution in [0.15, 0.2) is 53.9 Å². The molecule has 40 heavy (non-hydrogen) atoms. The summed E-state index contributed by atoms with van der Waals surface area (Å²) in [7, 11) is 3.21. The quantitative estimate of drug-likeness (QED) is 0.231. The molecule has 8 nitrogen and oxygen atoms in total. The van der Waals surface area contributed by atoms with E-state index in [1.807, 2.05) is 79.6 Å². The van der Waals surface area contributed by atoms with E-state index in [1.54, 1.807) is 30.5 Å². The largest absolute Gasteiger partial charge is 0.493 e. The number of urea groups is 1. The average Bonchev–Trinajstić information content (AvgIpc) is 3.47. The monoisotopic (exact) mass is 567 g/mol. The van der Waals surface area contributed by atoms with Crippen molar-refractivity contribution in [3.63, 3.8) is 0 Å². The van der Waals surface area contributed by atoms with Crippen molar-refractivity contribution in [2.24, 2.45) is 0 Å². The zero-order chi connectivity index (χ0) is 28.9. The number of anilines is 1. The summed E-state index contributed by atoms with van der Waals surface area (Å²) in [6.07, 6.45) is 1.27. The summed E-state index contributed by atoms with van der Waals surface area (Å²) in [5.74, 6) is 1.20. The molecular formula is C31H41N3O5S. The van der Waals surface area contributed by atoms with E-state index in [0.29, 0.717) is 62.9 Å². The summed E-state index contributed by atoms with van der Waals surface area (Å²) in [6.45, 7) is 8.47. The van der Waals surface area contributed by atoms with Crippen molar-refractivity contribution in [2.45, 2.75) is 40.2 Å². The zero-order valence-electron chi connectivity index (χ0n) is 24.2. The smallest absolute Gasteiger partial charge is 0.322 e. The molecule has 0 aliphatic rings. The van der Waals surface area contributed by atoms with E-state index in [4.69, 9.17) is 14.2 Å². The third-order valence-corrected chi connectivity index (χ3v) is 7.55. The number of amides is 3. The number of ether oxygens (including phenoxy) is 3. The van der Waals surface area contributed by atoms with Crippen molar-refractivity contribution in [3.05, 3.63) is 75.5 Å². The van der Waals surface area contributed by atoms with E-state index in [0.717, 1.165) is 21.6 Å². The van der Waals surface area contributed by atoms with Gasteiger partial charge in [0.25, 0.3) is 0 Å². The van der Waals surface area contributed by atoms with E-state index in [9.17, 15) is 9.59 Å². The molecule has 3 aromatic rings. The van der Waals surface area contributed by atoms with Crippen LogP contribution in [0.4, 0.5) is 10.5 Å². The lowest BCUT2D eigenvalue weighted by molar-refractivity contribution is -0.132. The Hall–Kier alpha value is -3.56. The number of methoxy groups -OCH3 is 2. The second kappa shape index (κ2) is 15.9. The van der Waals surface area contributed by atoms with Gasteiger partial charge in [-0.25, -0.2) is 4.79 Å². The van der Waals surface area contributed by atoms with Crippen LogP contribution in [0.25, 0.3) is 0 Å². The number of aryl methyl sites for hydroxylation is 2. The van der Waals surface area contributed by atoms with Gasteiger partial charge in [-0.15, -0.1) is 11.3 Å². The molecule has 0 saturated heterocycles. The SMILES string of the molecule is CCOCCCN(CC(=O)N(CCc1ccc(OC)c(OC)c1)Cc1cccs1)C(=O)Nc1ccc(C)c(C)c1. The van der Waals surface area contributed by atoms with Crippen LogP contribution < -0.4 is 14.8 Å². The Morgan fingerprint density at radius 1 is 0.925 bits per heavy atom. The molecule has 0 saturated carbocycles. The minimum Gasteiger partial charge on any atom is -0.493 e. The van der Waals surface area contributed by atoms with Crippen LogP contribution in [-0.4, -0.2) is 68.8 Å². The van der Waals surface area contributed by atoms with Crippen LogP contribution in [-0.2, 0) is 22.5 Å². The predicted octanol–water partition coefficient (Wildman–Crippen LogP) is 5.91. The Kier molecular flexibility index (Phi) is 12.3. The first-order chi connectivity index (χ1) is 19.3. The van der Waals surface area contributed by atoms with Crippen molar-refractivity contribution >= 4 is 29.0 Å². The molecule has 1 heterocycles. The number of carbonyl (C=O) groups excluding carboxylic acids is 2. The second-order valence-electron chi connectivity index (χ2n) is 9.54. The fraction of sp³-hybridized carbons (Fsp3) is 0.419. The zero-order valence-corrected chi connectivity index (χ0v) is 25.0. The van der Waals surface area contributed by atoms with E-state index < -0.39 is 0 Å². The highest BCUT2D eigenvalue weighted by atomic mass is 32.1. The summed E-state index contributed by atoms with van der Waals surface area (Å²) in [6, 6.07) is 15.3. The number of rotatable bonds is 15. The molecule has 0 atom stereocenters. The summed E-state index contributed by atoms with van der Waals surface area (Å²) < 4.78 is 16.3. The molecule has 0 aliphatic heterocycles. The molecule has 0 aliphatic carbocycles. The molecule has 0 fully saturated rings. The van der Waals surface area contributed by atoms with Gasteiger partial charge in [0.1, 0.15) is 6.54 Å². The van der Waals surface area contributed by atoms with Gasteiger partial charge in [0.15, 0.2) is 11.5 Å². The van der Waals surface area contributed by atoms with Crippen molar-refractivity contribution < 1.29 is 23.8 Å². The normalized spacial score (nSPS) is 10.7. The molecule has 216 valence electrons. The topological polar surface area (TPSA) is 80.3 Å². The van der Waals surface area contributed by atoms with Crippen LogP contribution in [0.1, 0.15) is 34.9 Å². The molecule has 2 aromatic carbocycles. The molecule has 0 unspecified atom stereocenters. The maximum absolute atomic E-state index is 13.7. The van der Waals surface area contributed by atoms with Gasteiger partial charge < -0.3 is 29.3 Å². The number of hydrogen-bond acceptors (Lipinski definition) is 6. The van der Waals surface area contributed by atoms with Crippen LogP contribution in [0.3, 0.4) is 0 Å². The molecule has 1 aromatic heterocycles. The van der Waals surface area contributed by atoms with Crippen molar-refractivity contribution in [1.82, 2.24) is 9.80 Å². The Labute approximate surface area is 241 Å². The van der Waals surface area contributed by atoms with Gasteiger partial charge in [0, 0.05) is 36.9 Å². The van der Waals surface area contributed by atoms with Crippen LogP contribution in [0.5, 0.6) is 11.5 Å². The van der Waals surface area contributed by atoms with E-state index in [-0.39, 0.29) is 18.5 Å². The predicted molar refractivity (Wildman–Crippen MR) is 161 cm³/mol. The van der Waals surface area contributed by atoms with Gasteiger partial charge in [-0.2, -0.15) is 0 Å². The lowest BCUT2D eigenvalue weighted by Gasteiger charge is -2.28. The number of thiophene rings is 1. The minimum atomic E-state index is -0.302. The lowest BCUT2D eigenvalue weighted by atomic mass is 10.1. The number of carbonyl (C=O) groups is 2. The molecule has 9 heteroatoms. The van der Waals surface area contributed by atoms with Crippen molar-refractivity contribution in [1.29, 1.82) is 0 Å². The fourth-order valence-corrected chi connectivity index (χ4v) is 4.94. The molecule has 0 spiro atoms. The van der Waals surface area contributed by atoms with Gasteiger partial charge in [0.2, 0.25) is 5.91 Å². The van der Waals surface area contributed by atoms with Crippen LogP contribution in [0.2, 0.25) is 0 Å². The highest BCUT2D eigenvalue weighted by Crippen LogP contribution is 2.28. The van der Waals surface area contributed by atoms with Gasteiger partial charge in [-0.1, -0.05) is 18.2 Å². The van der Waals surface area contributed by atoms with E-state index >= 15 is 0 Å². The summed E-state index contributed by atoms with van der Waals surface area (Å²) in [5, 5.41) is 4.98. The van der Waals surface area contributed by atoms with Crippen LogP contribution in [0, 0.1) is 13.8 Å². The molecule has 1 N–H and O–H groups in total. The average molecular weight is 568 g/mol. The van der Waals surface area contributed by atoms with Crippen molar-refractivity contribution in [2.75, 3.05) is 52.4 Å². The maximum atomic E-state index is 13.7. The molecule has 3 rings (SSSR count). The third kappa shape index (κ3) is 9.27. The standard InChI is InChI=1S/C31H41N3O5S/c1-6-39-17-8-15-34(31(36)32-26-12-10-23(2)24(3)19-26)22-30(35)33(21-27-9-7-18-40-27)16-14-25-11-13-28(37-4)29(20-25)38-5/h7,9-13,18-20H,6,8,14-17,21-22H2,1-5H3,(H,32,36). The maximum Gasteiger partial charge on any atom is 0.322 e. The number of nitrogens with one attached hydrogen (secondary N) is 1. The third-order valence-electron chi connectivity index (χ3n) is 6.69. The van der Waals surface area contributed by atoms with Crippen LogP contribution >= 0.6 is 11.3 Å². The van der Waals surface area contributed by atoms with Crippen molar-refractivity contribution in [3.8, 4) is 11.5 Å². The molecule has 3 amide bonds. The summed E-state index contributed by atoms with van der Waals surface area (Å²) in [5.41, 5.74) is 3.98. The molecule has 0 radical (unpaired) electrons. The Balaban J connectivity index is 1.75. The van der Waals surface area contributed by atoms with Gasteiger partial charge in [0.05, 0.1) is 20.8 Å². The van der Waals surface area contributed by atoms with Gasteiger partial charge in [-0.05, 0) is 86.0 Å². The second-order valence-corrected chi connectivity index (χ2v) is 10.6. The first-order valence-corrected chi connectivity index (χ1v) is 14.4. The van der Waals surface area contributed by atoms with Gasteiger partial charge in [-0.3, -0.25) is 4.79 Å². The molecule has 0 bridgehead atoms. The fourth-order valence-electron chi connectivity index (χ4n) is 4.22. The highest BCUT2D eigenvalue weighted by molar-refractivity contribution is 7.09. The minimum absolute atomic E-state index is 0.0277. The van der Waals surface area contributed by atoms with E-state index in [1.165, 1.54) is 0 Å². The first kappa shape index (κ1) is 31.0. The summed E-state index contributed by atoms with van der Waals surface area (Å²) >= 11 is 1.61. The molecular weight excluding hydrogens is 526 g/mol. The summed E-state index contributed by atoms with van der Waals surface area (Å²) in [4.78, 5) is 31.5. The number of nitrogens with zero attached hydrogens (tertiary/aromatic N) is 2. The van der Waals surface area contributed by atoms with Gasteiger partial charge >= 0.3 is 6.03 Å². The van der Waals surface area contributed by atoms with E-state index in [2.05, 4.69) is 5.32 Å². The Bertz CT molecular complexity index is 1230. The lowest BCUT2D eigenvalue weighted by Crippen LogP contribution is -2.45.